The first-order chi connectivity index (χ1) is 18.3. The van der Waals surface area contributed by atoms with Crippen molar-refractivity contribution in [3.8, 4) is 0 Å². The first-order valence-corrected chi connectivity index (χ1v) is 13.1. The number of benzene rings is 4. The molecule has 0 amide bonds. The van der Waals surface area contributed by atoms with Gasteiger partial charge in [0.05, 0.1) is 28.5 Å². The number of rotatable bonds is 8. The molecule has 5 aromatic rings. The quantitative estimate of drug-likeness (QED) is 0.249. The second-order valence-electron chi connectivity index (χ2n) is 9.48. The monoisotopic (exact) mass is 485 g/mol. The number of hydrogen-bond acceptors (Lipinski definition) is 4. The number of imidazole rings is 1. The molecule has 6 rings (SSSR count). The molecule has 4 aromatic carbocycles. The summed E-state index contributed by atoms with van der Waals surface area (Å²) in [5.41, 5.74) is 8.09. The molecule has 184 valence electrons. The van der Waals surface area contributed by atoms with E-state index >= 15 is 0 Å². The van der Waals surface area contributed by atoms with Crippen molar-refractivity contribution in [2.24, 2.45) is 5.10 Å². The molecule has 0 saturated carbocycles. The third kappa shape index (κ3) is 4.73. The van der Waals surface area contributed by atoms with Gasteiger partial charge in [-0.3, -0.25) is 5.01 Å². The molecule has 1 atom stereocenters. The summed E-state index contributed by atoms with van der Waals surface area (Å²) in [6.07, 6.45) is 1.94. The van der Waals surface area contributed by atoms with Gasteiger partial charge in [-0.1, -0.05) is 91.9 Å². The molecule has 5 heteroatoms. The van der Waals surface area contributed by atoms with Gasteiger partial charge in [-0.15, -0.1) is 0 Å². The van der Waals surface area contributed by atoms with Gasteiger partial charge in [-0.25, -0.2) is 4.98 Å². The number of anilines is 2. The fourth-order valence-corrected chi connectivity index (χ4v) is 5.10. The molecule has 0 spiro atoms. The Kier molecular flexibility index (Phi) is 6.42. The summed E-state index contributed by atoms with van der Waals surface area (Å²) in [4.78, 5) is 4.83. The zero-order valence-corrected chi connectivity index (χ0v) is 21.1. The third-order valence-corrected chi connectivity index (χ3v) is 6.95. The fourth-order valence-electron chi connectivity index (χ4n) is 5.10. The molecule has 0 aliphatic carbocycles. The van der Waals surface area contributed by atoms with Crippen LogP contribution in [0, 0.1) is 0 Å². The Hall–Kier alpha value is -4.38. The minimum Gasteiger partial charge on any atom is -0.352 e. The second kappa shape index (κ2) is 10.3. The molecular weight excluding hydrogens is 454 g/mol. The lowest BCUT2D eigenvalue weighted by molar-refractivity contribution is 0.700. The SMILES string of the molecule is CCCn1c(NCc2ccc(N3N=C(c4ccccc4)C[C@@H]3c3ccccc3)cc2)nc2ccccc21. The lowest BCUT2D eigenvalue weighted by atomic mass is 9.98. The average Bonchev–Trinajstić information content (AvgIpc) is 3.56. The molecule has 0 bridgehead atoms. The molecule has 37 heavy (non-hydrogen) atoms. The maximum absolute atomic E-state index is 5.09. The van der Waals surface area contributed by atoms with Crippen LogP contribution in [0.5, 0.6) is 0 Å². The van der Waals surface area contributed by atoms with Crippen molar-refractivity contribution in [2.45, 2.75) is 38.9 Å². The summed E-state index contributed by atoms with van der Waals surface area (Å²) in [6.45, 7) is 3.86. The Balaban J connectivity index is 1.24. The molecule has 1 aliphatic heterocycles. The number of para-hydroxylation sites is 2. The number of aryl methyl sites for hydroxylation is 1. The molecule has 0 fully saturated rings. The van der Waals surface area contributed by atoms with Crippen LogP contribution < -0.4 is 10.3 Å². The highest BCUT2D eigenvalue weighted by Crippen LogP contribution is 2.36. The first kappa shape index (κ1) is 23.0. The van der Waals surface area contributed by atoms with Crippen LogP contribution in [0.3, 0.4) is 0 Å². The van der Waals surface area contributed by atoms with Crippen LogP contribution in [0.25, 0.3) is 11.0 Å². The average molecular weight is 486 g/mol. The van der Waals surface area contributed by atoms with Gasteiger partial charge in [0, 0.05) is 19.5 Å². The summed E-state index contributed by atoms with van der Waals surface area (Å²) in [5, 5.41) is 10.8. The van der Waals surface area contributed by atoms with Gasteiger partial charge < -0.3 is 9.88 Å². The number of hydrazone groups is 1. The van der Waals surface area contributed by atoms with E-state index in [4.69, 9.17) is 10.1 Å². The van der Waals surface area contributed by atoms with Crippen molar-refractivity contribution < 1.29 is 0 Å². The molecule has 0 saturated heterocycles. The molecule has 5 nitrogen and oxygen atoms in total. The zero-order chi connectivity index (χ0) is 25.0. The molecule has 1 N–H and O–H groups in total. The lowest BCUT2D eigenvalue weighted by Gasteiger charge is -2.24. The Morgan fingerprint density at radius 3 is 2.27 bits per heavy atom. The van der Waals surface area contributed by atoms with Gasteiger partial charge in [0.2, 0.25) is 5.95 Å². The van der Waals surface area contributed by atoms with Gasteiger partial charge in [-0.05, 0) is 47.4 Å². The molecule has 1 aromatic heterocycles. The second-order valence-corrected chi connectivity index (χ2v) is 9.48. The smallest absolute Gasteiger partial charge is 0.204 e. The minimum atomic E-state index is 0.175. The maximum atomic E-state index is 5.09. The van der Waals surface area contributed by atoms with E-state index in [1.165, 1.54) is 22.2 Å². The number of aromatic nitrogens is 2. The largest absolute Gasteiger partial charge is 0.352 e. The van der Waals surface area contributed by atoms with Crippen LogP contribution in [0.2, 0.25) is 0 Å². The highest BCUT2D eigenvalue weighted by atomic mass is 15.5. The van der Waals surface area contributed by atoms with Crippen molar-refractivity contribution in [2.75, 3.05) is 10.3 Å². The number of nitrogens with one attached hydrogen (secondary N) is 1. The molecular formula is C32H31N5. The predicted octanol–water partition coefficient (Wildman–Crippen LogP) is 7.41. The topological polar surface area (TPSA) is 45.5 Å². The van der Waals surface area contributed by atoms with E-state index in [9.17, 15) is 0 Å². The standard InChI is InChI=1S/C32H31N5/c1-2-21-36-30-16-10-9-15-28(30)34-32(36)33-23-24-17-19-27(20-18-24)37-31(26-13-7-4-8-14-26)22-29(35-37)25-11-5-3-6-12-25/h3-20,31H,2,21-23H2,1H3,(H,33,34)/t31-/m1/s1. The maximum Gasteiger partial charge on any atom is 0.204 e. The van der Waals surface area contributed by atoms with Crippen molar-refractivity contribution in [1.29, 1.82) is 0 Å². The summed E-state index contributed by atoms with van der Waals surface area (Å²) in [7, 11) is 0. The Morgan fingerprint density at radius 2 is 1.51 bits per heavy atom. The van der Waals surface area contributed by atoms with Crippen LogP contribution in [-0.2, 0) is 13.1 Å². The Morgan fingerprint density at radius 1 is 0.811 bits per heavy atom. The molecule has 1 aliphatic rings. The van der Waals surface area contributed by atoms with Crippen LogP contribution in [0.1, 0.15) is 42.5 Å². The minimum absolute atomic E-state index is 0.175. The van der Waals surface area contributed by atoms with Crippen molar-refractivity contribution in [3.05, 3.63) is 126 Å². The van der Waals surface area contributed by atoms with Crippen LogP contribution in [0.4, 0.5) is 11.6 Å². The van der Waals surface area contributed by atoms with Crippen molar-refractivity contribution >= 4 is 28.4 Å². The van der Waals surface area contributed by atoms with Gasteiger partial charge >= 0.3 is 0 Å². The van der Waals surface area contributed by atoms with Crippen molar-refractivity contribution in [1.82, 2.24) is 9.55 Å². The summed E-state index contributed by atoms with van der Waals surface area (Å²) < 4.78 is 2.28. The van der Waals surface area contributed by atoms with Gasteiger partial charge in [-0.2, -0.15) is 5.10 Å². The van der Waals surface area contributed by atoms with Gasteiger partial charge in [0.1, 0.15) is 0 Å². The molecule has 0 unspecified atom stereocenters. The normalized spacial score (nSPS) is 15.2. The summed E-state index contributed by atoms with van der Waals surface area (Å²) in [6, 6.07) is 38.4. The van der Waals surface area contributed by atoms with Crippen molar-refractivity contribution in [3.63, 3.8) is 0 Å². The van der Waals surface area contributed by atoms with E-state index in [-0.39, 0.29) is 6.04 Å². The van der Waals surface area contributed by atoms with Gasteiger partial charge in [0.25, 0.3) is 0 Å². The molecule has 2 heterocycles. The highest BCUT2D eigenvalue weighted by molar-refractivity contribution is 6.03. The zero-order valence-electron chi connectivity index (χ0n) is 21.1. The highest BCUT2D eigenvalue weighted by Gasteiger charge is 2.29. The van der Waals surface area contributed by atoms with E-state index in [1.54, 1.807) is 0 Å². The summed E-state index contributed by atoms with van der Waals surface area (Å²) in [5.74, 6) is 0.924. The Bertz CT molecular complexity index is 1500. The van der Waals surface area contributed by atoms with Crippen LogP contribution in [-0.4, -0.2) is 15.3 Å². The van der Waals surface area contributed by atoms with Gasteiger partial charge in [0.15, 0.2) is 0 Å². The van der Waals surface area contributed by atoms with Crippen LogP contribution >= 0.6 is 0 Å². The van der Waals surface area contributed by atoms with E-state index in [1.807, 2.05) is 6.07 Å². The summed E-state index contributed by atoms with van der Waals surface area (Å²) >= 11 is 0. The van der Waals surface area contributed by atoms with Crippen LogP contribution in [0.15, 0.2) is 114 Å². The molecule has 0 radical (unpaired) electrons. The fraction of sp³-hybridized carbons (Fsp3) is 0.188. The number of nitrogens with zero attached hydrogens (tertiary/aromatic N) is 4. The number of fused-ring (bicyclic) bond motifs is 1. The van der Waals surface area contributed by atoms with E-state index < -0.39 is 0 Å². The van der Waals surface area contributed by atoms with E-state index in [0.29, 0.717) is 6.54 Å². The Labute approximate surface area is 218 Å². The predicted molar refractivity (Wildman–Crippen MR) is 153 cm³/mol. The first-order valence-electron chi connectivity index (χ1n) is 13.1. The number of hydrogen-bond donors (Lipinski definition) is 1. The van der Waals surface area contributed by atoms with E-state index in [2.05, 4.69) is 125 Å². The van der Waals surface area contributed by atoms with E-state index in [0.717, 1.165) is 42.3 Å². The third-order valence-electron chi connectivity index (χ3n) is 6.95. The lowest BCUT2D eigenvalue weighted by Crippen LogP contribution is -2.18.